The number of methoxy groups -OCH3 is 1. The maximum absolute atomic E-state index is 13.3. The number of aromatic nitrogens is 2. The van der Waals surface area contributed by atoms with Crippen LogP contribution in [0.4, 0.5) is 4.39 Å². The van der Waals surface area contributed by atoms with E-state index in [0.717, 1.165) is 55.5 Å². The van der Waals surface area contributed by atoms with Crippen LogP contribution in [0.25, 0.3) is 5.69 Å². The van der Waals surface area contributed by atoms with Gasteiger partial charge < -0.3 is 10.1 Å². The van der Waals surface area contributed by atoms with Crippen LogP contribution >= 0.6 is 0 Å². The first-order valence-corrected chi connectivity index (χ1v) is 10.5. The number of hydrogen-bond donors (Lipinski definition) is 1. The van der Waals surface area contributed by atoms with E-state index < -0.39 is 0 Å². The summed E-state index contributed by atoms with van der Waals surface area (Å²) in [6.45, 7) is 4.44. The zero-order valence-corrected chi connectivity index (χ0v) is 17.5. The molecule has 5 nitrogen and oxygen atoms in total. The van der Waals surface area contributed by atoms with Crippen molar-refractivity contribution in [2.75, 3.05) is 7.11 Å². The van der Waals surface area contributed by atoms with Gasteiger partial charge in [-0.25, -0.2) is 9.07 Å². The van der Waals surface area contributed by atoms with E-state index in [4.69, 9.17) is 4.74 Å². The Labute approximate surface area is 171 Å². The normalized spacial score (nSPS) is 26.0. The quantitative estimate of drug-likeness (QED) is 0.832. The zero-order chi connectivity index (χ0) is 20.6. The van der Waals surface area contributed by atoms with Crippen molar-refractivity contribution in [2.45, 2.75) is 64.5 Å². The molecule has 1 aromatic heterocycles. The number of benzene rings is 1. The highest BCUT2D eigenvalue weighted by atomic mass is 19.1. The number of nitrogens with one attached hydrogen (secondary N) is 1. The number of hydrogen-bond acceptors (Lipinski definition) is 3. The van der Waals surface area contributed by atoms with Gasteiger partial charge in [-0.3, -0.25) is 4.79 Å². The number of ether oxygens (including phenoxy) is 1. The summed E-state index contributed by atoms with van der Waals surface area (Å²) in [6.07, 6.45) is 7.55. The molecule has 2 aliphatic rings. The summed E-state index contributed by atoms with van der Waals surface area (Å²) in [5.41, 5.74) is 3.04. The maximum Gasteiger partial charge on any atom is 0.223 e. The summed E-state index contributed by atoms with van der Waals surface area (Å²) < 4.78 is 20.7. The van der Waals surface area contributed by atoms with E-state index in [9.17, 15) is 9.18 Å². The average Bonchev–Trinajstić information content (AvgIpc) is 3.11. The maximum atomic E-state index is 13.3. The van der Waals surface area contributed by atoms with Gasteiger partial charge in [0.15, 0.2) is 0 Å². The third kappa shape index (κ3) is 4.22. The van der Waals surface area contributed by atoms with Gasteiger partial charge in [0, 0.05) is 18.6 Å². The lowest BCUT2D eigenvalue weighted by Crippen LogP contribution is -2.41. The van der Waals surface area contributed by atoms with Crippen LogP contribution in [0.2, 0.25) is 0 Å². The van der Waals surface area contributed by atoms with Crippen LogP contribution in [0.15, 0.2) is 30.5 Å². The van der Waals surface area contributed by atoms with Gasteiger partial charge in [0.05, 0.1) is 29.7 Å². The lowest BCUT2D eigenvalue weighted by molar-refractivity contribution is -0.128. The van der Waals surface area contributed by atoms with E-state index in [-0.39, 0.29) is 35.2 Å². The van der Waals surface area contributed by atoms with Crippen molar-refractivity contribution in [1.82, 2.24) is 15.1 Å². The molecule has 2 aliphatic carbocycles. The number of amides is 1. The lowest BCUT2D eigenvalue weighted by Gasteiger charge is -2.37. The van der Waals surface area contributed by atoms with Crippen molar-refractivity contribution in [3.8, 4) is 5.69 Å². The molecule has 0 aliphatic heterocycles. The molecule has 0 unspecified atom stereocenters. The zero-order valence-electron chi connectivity index (χ0n) is 17.5. The van der Waals surface area contributed by atoms with Gasteiger partial charge in [-0.2, -0.15) is 5.10 Å². The van der Waals surface area contributed by atoms with Crippen LogP contribution in [0, 0.1) is 17.2 Å². The molecule has 1 N–H and O–H groups in total. The molecule has 1 saturated carbocycles. The van der Waals surface area contributed by atoms with E-state index >= 15 is 0 Å². The first-order chi connectivity index (χ1) is 13.9. The molecule has 0 radical (unpaired) electrons. The molecule has 1 aromatic carbocycles. The van der Waals surface area contributed by atoms with E-state index in [1.54, 1.807) is 19.2 Å². The summed E-state index contributed by atoms with van der Waals surface area (Å²) in [4.78, 5) is 13.0. The fourth-order valence-electron chi connectivity index (χ4n) is 4.86. The van der Waals surface area contributed by atoms with Gasteiger partial charge in [-0.1, -0.05) is 20.3 Å². The van der Waals surface area contributed by atoms with Crippen LogP contribution in [0.3, 0.4) is 0 Å². The number of fused-ring (bicyclic) bond motifs is 1. The van der Waals surface area contributed by atoms with E-state index in [1.807, 2.05) is 10.9 Å². The first kappa shape index (κ1) is 20.1. The second kappa shape index (κ2) is 7.90. The van der Waals surface area contributed by atoms with Crippen LogP contribution in [-0.2, 0) is 16.0 Å². The summed E-state index contributed by atoms with van der Waals surface area (Å²) in [5.74, 6) is -0.133. The predicted molar refractivity (Wildman–Crippen MR) is 109 cm³/mol. The Balaban J connectivity index is 1.58. The first-order valence-electron chi connectivity index (χ1n) is 10.5. The number of rotatable bonds is 4. The third-order valence-corrected chi connectivity index (χ3v) is 6.40. The molecule has 1 fully saturated rings. The van der Waals surface area contributed by atoms with Crippen molar-refractivity contribution in [3.63, 3.8) is 0 Å². The molecule has 1 amide bonds. The van der Waals surface area contributed by atoms with Crippen molar-refractivity contribution in [2.24, 2.45) is 11.3 Å². The molecule has 1 heterocycles. The molecule has 6 heteroatoms. The van der Waals surface area contributed by atoms with Gasteiger partial charge in [0.25, 0.3) is 0 Å². The van der Waals surface area contributed by atoms with Crippen LogP contribution in [0.5, 0.6) is 0 Å². The molecule has 2 aromatic rings. The lowest BCUT2D eigenvalue weighted by atomic mass is 9.74. The van der Waals surface area contributed by atoms with Crippen molar-refractivity contribution in [3.05, 3.63) is 47.5 Å². The molecule has 29 heavy (non-hydrogen) atoms. The molecule has 0 spiro atoms. The van der Waals surface area contributed by atoms with E-state index in [1.165, 1.54) is 12.1 Å². The number of halogens is 1. The minimum Gasteiger partial charge on any atom is -0.381 e. The largest absolute Gasteiger partial charge is 0.381 e. The van der Waals surface area contributed by atoms with Crippen molar-refractivity contribution >= 4 is 5.91 Å². The Hall–Kier alpha value is -2.21. The van der Waals surface area contributed by atoms with Gasteiger partial charge in [-0.05, 0) is 61.8 Å². The topological polar surface area (TPSA) is 56.1 Å². The Morgan fingerprint density at radius 1 is 1.28 bits per heavy atom. The van der Waals surface area contributed by atoms with Gasteiger partial charge in [-0.15, -0.1) is 0 Å². The van der Waals surface area contributed by atoms with Gasteiger partial charge in [0.2, 0.25) is 5.91 Å². The Morgan fingerprint density at radius 3 is 2.76 bits per heavy atom. The molecule has 3 atom stereocenters. The standard InChI is InChI=1S/C23H30FN3O2/c1-23(2)12-20(26-22(28)15-5-4-6-18(11-15)29-3)19-14-25-27(21(19)13-23)17-9-7-16(24)8-10-17/h7-10,14-15,18,20H,4-6,11-13H2,1-3H3,(H,26,28)/t15-,18+,20+/m0/s1. The fraction of sp³-hybridized carbons (Fsp3) is 0.565. The fourth-order valence-corrected chi connectivity index (χ4v) is 4.86. The minimum absolute atomic E-state index is 0.00864. The molecule has 156 valence electrons. The molecular weight excluding hydrogens is 369 g/mol. The summed E-state index contributed by atoms with van der Waals surface area (Å²) in [6, 6.07) is 6.33. The monoisotopic (exact) mass is 399 g/mol. The molecule has 0 bridgehead atoms. The van der Waals surface area contributed by atoms with E-state index in [0.29, 0.717) is 0 Å². The highest BCUT2D eigenvalue weighted by Gasteiger charge is 2.37. The highest BCUT2D eigenvalue weighted by molar-refractivity contribution is 5.79. The van der Waals surface area contributed by atoms with Crippen molar-refractivity contribution in [1.29, 1.82) is 0 Å². The Kier molecular flexibility index (Phi) is 5.47. The smallest absolute Gasteiger partial charge is 0.223 e. The van der Waals surface area contributed by atoms with Crippen LogP contribution < -0.4 is 5.32 Å². The van der Waals surface area contributed by atoms with Crippen molar-refractivity contribution < 1.29 is 13.9 Å². The van der Waals surface area contributed by atoms with Gasteiger partial charge >= 0.3 is 0 Å². The van der Waals surface area contributed by atoms with E-state index in [2.05, 4.69) is 24.3 Å². The molecular formula is C23H30FN3O2. The SMILES string of the molecule is CO[C@@H]1CCC[C@H](C(=O)N[C@@H]2CC(C)(C)Cc3c2cnn3-c2ccc(F)cc2)C1. The average molecular weight is 400 g/mol. The summed E-state index contributed by atoms with van der Waals surface area (Å²) in [7, 11) is 1.73. The Bertz CT molecular complexity index is 875. The predicted octanol–water partition coefficient (Wildman–Crippen LogP) is 4.35. The highest BCUT2D eigenvalue weighted by Crippen LogP contribution is 2.41. The second-order valence-corrected chi connectivity index (χ2v) is 9.26. The molecule has 4 rings (SSSR count). The van der Waals surface area contributed by atoms with Crippen LogP contribution in [0.1, 0.15) is 63.3 Å². The number of nitrogens with zero attached hydrogens (tertiary/aromatic N) is 2. The summed E-state index contributed by atoms with van der Waals surface area (Å²) in [5, 5.41) is 7.89. The third-order valence-electron chi connectivity index (χ3n) is 6.40. The van der Waals surface area contributed by atoms with Crippen LogP contribution in [-0.4, -0.2) is 28.9 Å². The summed E-state index contributed by atoms with van der Waals surface area (Å²) >= 11 is 0. The number of carbonyl (C=O) groups is 1. The number of carbonyl (C=O) groups excluding carboxylic acids is 1. The second-order valence-electron chi connectivity index (χ2n) is 9.26. The minimum atomic E-state index is -0.262. The molecule has 0 saturated heterocycles. The van der Waals surface area contributed by atoms with Gasteiger partial charge in [0.1, 0.15) is 5.82 Å². The Morgan fingerprint density at radius 2 is 2.03 bits per heavy atom.